The number of nitrogens with zero attached hydrogens (tertiary/aromatic N) is 2. The van der Waals surface area contributed by atoms with Crippen LogP contribution < -0.4 is 4.90 Å². The number of imide groups is 1. The molecule has 6 nitrogen and oxygen atoms in total. The Balaban J connectivity index is 1.47. The first-order chi connectivity index (χ1) is 13.5. The number of rotatable bonds is 4. The number of furan rings is 1. The van der Waals surface area contributed by atoms with E-state index in [1.807, 2.05) is 31.2 Å². The summed E-state index contributed by atoms with van der Waals surface area (Å²) in [5.74, 6) is -0.155. The van der Waals surface area contributed by atoms with Gasteiger partial charge in [-0.1, -0.05) is 17.7 Å². The normalized spacial score (nSPS) is 28.1. The van der Waals surface area contributed by atoms with E-state index in [0.29, 0.717) is 17.5 Å². The number of amides is 3. The summed E-state index contributed by atoms with van der Waals surface area (Å²) in [4.78, 5) is 41.9. The summed E-state index contributed by atoms with van der Waals surface area (Å²) < 4.78 is 5.28. The number of carbonyl (C=O) groups excluding carboxylic acids is 3. The van der Waals surface area contributed by atoms with Gasteiger partial charge in [-0.05, 0) is 62.3 Å². The van der Waals surface area contributed by atoms with Crippen molar-refractivity contribution in [3.8, 4) is 0 Å². The number of benzene rings is 1. The maximum absolute atomic E-state index is 13.1. The van der Waals surface area contributed by atoms with E-state index < -0.39 is 0 Å². The molecule has 144 valence electrons. The molecule has 1 saturated heterocycles. The lowest BCUT2D eigenvalue weighted by Crippen LogP contribution is -2.45. The summed E-state index contributed by atoms with van der Waals surface area (Å²) in [6.45, 7) is 1.89. The highest BCUT2D eigenvalue weighted by atomic mass is 16.3. The van der Waals surface area contributed by atoms with Gasteiger partial charge in [0.2, 0.25) is 11.8 Å². The van der Waals surface area contributed by atoms with Crippen LogP contribution in [0, 0.1) is 30.6 Å². The zero-order valence-corrected chi connectivity index (χ0v) is 15.7. The van der Waals surface area contributed by atoms with Crippen molar-refractivity contribution in [3.05, 3.63) is 54.0 Å². The monoisotopic (exact) mass is 378 g/mol. The highest BCUT2D eigenvalue weighted by molar-refractivity contribution is 6.09. The minimum Gasteiger partial charge on any atom is -0.459 e. The minimum atomic E-state index is -0.366. The predicted molar refractivity (Wildman–Crippen MR) is 101 cm³/mol. The van der Waals surface area contributed by atoms with E-state index in [1.54, 1.807) is 12.1 Å². The van der Waals surface area contributed by atoms with Crippen LogP contribution in [0.25, 0.3) is 0 Å². The summed E-state index contributed by atoms with van der Waals surface area (Å²) in [6, 6.07) is 10.7. The summed E-state index contributed by atoms with van der Waals surface area (Å²) in [7, 11) is 0. The van der Waals surface area contributed by atoms with Gasteiger partial charge in [-0.2, -0.15) is 0 Å². The van der Waals surface area contributed by atoms with Crippen molar-refractivity contribution < 1.29 is 18.8 Å². The summed E-state index contributed by atoms with van der Waals surface area (Å²) in [6.07, 6.45) is 4.50. The molecular weight excluding hydrogens is 356 g/mol. The maximum atomic E-state index is 13.1. The van der Waals surface area contributed by atoms with Crippen LogP contribution >= 0.6 is 0 Å². The van der Waals surface area contributed by atoms with Crippen molar-refractivity contribution in [2.75, 3.05) is 11.6 Å². The third-order valence-corrected chi connectivity index (χ3v) is 6.62. The van der Waals surface area contributed by atoms with Crippen LogP contribution in [0.1, 0.15) is 35.4 Å². The summed E-state index contributed by atoms with van der Waals surface area (Å²) in [5, 5.41) is 0. The van der Waals surface area contributed by atoms with Gasteiger partial charge in [0.1, 0.15) is 6.67 Å². The van der Waals surface area contributed by atoms with Crippen molar-refractivity contribution in [1.82, 2.24) is 4.90 Å². The van der Waals surface area contributed by atoms with Crippen molar-refractivity contribution in [2.24, 2.45) is 23.7 Å². The van der Waals surface area contributed by atoms with E-state index in [4.69, 9.17) is 4.42 Å². The number of carbonyl (C=O) groups is 3. The lowest BCUT2D eigenvalue weighted by Gasteiger charge is -2.27. The molecular formula is C22H22N2O4. The van der Waals surface area contributed by atoms with Gasteiger partial charge in [-0.3, -0.25) is 24.2 Å². The number of hydrogen-bond donors (Lipinski definition) is 0. The smallest absolute Gasteiger partial charge is 0.295 e. The Morgan fingerprint density at radius 3 is 2.29 bits per heavy atom. The van der Waals surface area contributed by atoms with E-state index in [-0.39, 0.29) is 42.0 Å². The maximum Gasteiger partial charge on any atom is 0.295 e. The molecule has 2 aromatic rings. The van der Waals surface area contributed by atoms with Gasteiger partial charge in [-0.15, -0.1) is 0 Å². The molecule has 1 aromatic carbocycles. The standard InChI is InChI=1S/C22H22N2O4/c1-13-4-8-16(9-5-13)23(20(25)17-3-2-10-28-17)12-24-21(26)18-14-6-7-15(11-14)19(18)22(24)27/h2-5,8-10,14-15,18-19H,6-7,11-12H2,1H3/t14-,15+,18-,19+. The molecule has 0 N–H and O–H groups in total. The molecule has 3 fully saturated rings. The molecule has 3 aliphatic rings. The van der Waals surface area contributed by atoms with Gasteiger partial charge in [0.05, 0.1) is 18.1 Å². The highest BCUT2D eigenvalue weighted by Crippen LogP contribution is 2.56. The second kappa shape index (κ2) is 6.33. The van der Waals surface area contributed by atoms with Crippen molar-refractivity contribution in [2.45, 2.75) is 26.2 Å². The Bertz CT molecular complexity index is 906. The predicted octanol–water partition coefficient (Wildman–Crippen LogP) is 3.22. The number of aryl methyl sites for hydroxylation is 1. The lowest BCUT2D eigenvalue weighted by atomic mass is 9.81. The van der Waals surface area contributed by atoms with Crippen LogP contribution in [0.2, 0.25) is 0 Å². The molecule has 5 rings (SSSR count). The second-order valence-corrected chi connectivity index (χ2v) is 8.18. The molecule has 0 unspecified atom stereocenters. The molecule has 2 aliphatic carbocycles. The fourth-order valence-corrected chi connectivity index (χ4v) is 5.27. The van der Waals surface area contributed by atoms with Gasteiger partial charge < -0.3 is 4.42 Å². The summed E-state index contributed by atoms with van der Waals surface area (Å²) >= 11 is 0. The van der Waals surface area contributed by atoms with E-state index in [9.17, 15) is 14.4 Å². The topological polar surface area (TPSA) is 70.8 Å². The summed E-state index contributed by atoms with van der Waals surface area (Å²) in [5.41, 5.74) is 1.70. The SMILES string of the molecule is Cc1ccc(N(CN2C(=O)[C@@H]3[C@@H]4CC[C@@H](C4)[C@@H]3C2=O)C(=O)c2ccco2)cc1. The molecule has 3 amide bonds. The van der Waals surface area contributed by atoms with Crippen LogP contribution in [0.5, 0.6) is 0 Å². The molecule has 2 bridgehead atoms. The molecule has 1 aliphatic heterocycles. The largest absolute Gasteiger partial charge is 0.459 e. The molecule has 2 heterocycles. The zero-order valence-electron chi connectivity index (χ0n) is 15.7. The third kappa shape index (κ3) is 2.51. The molecule has 6 heteroatoms. The van der Waals surface area contributed by atoms with Gasteiger partial charge in [0.25, 0.3) is 5.91 Å². The zero-order chi connectivity index (χ0) is 19.4. The van der Waals surface area contributed by atoms with Crippen molar-refractivity contribution in [1.29, 1.82) is 0 Å². The Morgan fingerprint density at radius 2 is 1.71 bits per heavy atom. The average Bonchev–Trinajstić information content (AvgIpc) is 3.47. The fraction of sp³-hybridized carbons (Fsp3) is 0.409. The number of anilines is 1. The molecule has 1 aromatic heterocycles. The number of fused-ring (bicyclic) bond motifs is 5. The van der Waals surface area contributed by atoms with Gasteiger partial charge >= 0.3 is 0 Å². The van der Waals surface area contributed by atoms with Crippen molar-refractivity contribution >= 4 is 23.4 Å². The van der Waals surface area contributed by atoms with Crippen molar-refractivity contribution in [3.63, 3.8) is 0 Å². The average molecular weight is 378 g/mol. The van der Waals surface area contributed by atoms with E-state index in [0.717, 1.165) is 24.8 Å². The molecule has 28 heavy (non-hydrogen) atoms. The van der Waals surface area contributed by atoms with Gasteiger partial charge in [-0.25, -0.2) is 0 Å². The van der Waals surface area contributed by atoms with Crippen LogP contribution in [0.4, 0.5) is 5.69 Å². The minimum absolute atomic E-state index is 0.0767. The highest BCUT2D eigenvalue weighted by Gasteiger charge is 2.61. The van der Waals surface area contributed by atoms with Crippen LogP contribution in [0.3, 0.4) is 0 Å². The third-order valence-electron chi connectivity index (χ3n) is 6.62. The van der Waals surface area contributed by atoms with Crippen LogP contribution in [-0.2, 0) is 9.59 Å². The Hall–Kier alpha value is -2.89. The molecule has 0 radical (unpaired) electrons. The Kier molecular flexibility index (Phi) is 3.89. The molecule has 2 saturated carbocycles. The van der Waals surface area contributed by atoms with Gasteiger partial charge in [0.15, 0.2) is 5.76 Å². The number of likely N-dealkylation sites (tertiary alicyclic amines) is 1. The first-order valence-electron chi connectivity index (χ1n) is 9.82. The Morgan fingerprint density at radius 1 is 1.07 bits per heavy atom. The Labute approximate surface area is 163 Å². The van der Waals surface area contributed by atoms with Crippen LogP contribution in [-0.4, -0.2) is 29.3 Å². The van der Waals surface area contributed by atoms with E-state index in [1.165, 1.54) is 16.1 Å². The quantitative estimate of drug-likeness (QED) is 0.766. The first kappa shape index (κ1) is 17.2. The number of hydrogen-bond acceptors (Lipinski definition) is 4. The molecule has 4 atom stereocenters. The van der Waals surface area contributed by atoms with E-state index in [2.05, 4.69) is 0 Å². The van der Waals surface area contributed by atoms with Gasteiger partial charge in [0, 0.05) is 5.69 Å². The fourth-order valence-electron chi connectivity index (χ4n) is 5.27. The lowest BCUT2D eigenvalue weighted by molar-refractivity contribution is -0.140. The van der Waals surface area contributed by atoms with E-state index >= 15 is 0 Å². The van der Waals surface area contributed by atoms with Crippen LogP contribution in [0.15, 0.2) is 47.1 Å². The molecule has 0 spiro atoms. The second-order valence-electron chi connectivity index (χ2n) is 8.18. The first-order valence-corrected chi connectivity index (χ1v) is 9.82.